The molecule has 0 spiro atoms. The first kappa shape index (κ1) is 11.1. The standard InChI is InChI=1S/C10H8FN3.H3N/c11-8-2-1-4-14-10(8)7-3-5-13-6-9(7)12;/h1-6H,12H2;1H3. The highest BCUT2D eigenvalue weighted by molar-refractivity contribution is 5.72. The first-order valence-electron chi connectivity index (χ1n) is 4.09. The largest absolute Gasteiger partial charge is 0.397 e. The summed E-state index contributed by atoms with van der Waals surface area (Å²) in [5.41, 5.74) is 6.90. The predicted molar refractivity (Wildman–Crippen MR) is 56.9 cm³/mol. The second kappa shape index (κ2) is 4.47. The third-order valence-corrected chi connectivity index (χ3v) is 1.87. The van der Waals surface area contributed by atoms with Gasteiger partial charge in [-0.05, 0) is 18.2 Å². The van der Waals surface area contributed by atoms with Crippen LogP contribution in [0.3, 0.4) is 0 Å². The zero-order valence-corrected chi connectivity index (χ0v) is 8.02. The van der Waals surface area contributed by atoms with Crippen LogP contribution in [-0.4, -0.2) is 9.97 Å². The minimum Gasteiger partial charge on any atom is -0.397 e. The number of hydrogen-bond acceptors (Lipinski definition) is 4. The molecule has 0 bridgehead atoms. The molecule has 0 aliphatic heterocycles. The summed E-state index contributed by atoms with van der Waals surface area (Å²) >= 11 is 0. The molecule has 2 rings (SSSR count). The second-order valence-electron chi connectivity index (χ2n) is 2.80. The summed E-state index contributed by atoms with van der Waals surface area (Å²) in [6.07, 6.45) is 4.56. The summed E-state index contributed by atoms with van der Waals surface area (Å²) in [5.74, 6) is -0.384. The number of rotatable bonds is 1. The van der Waals surface area contributed by atoms with Crippen LogP contribution in [0.2, 0.25) is 0 Å². The fourth-order valence-electron chi connectivity index (χ4n) is 1.21. The van der Waals surface area contributed by atoms with Crippen LogP contribution < -0.4 is 11.9 Å². The van der Waals surface area contributed by atoms with Crippen molar-refractivity contribution in [2.45, 2.75) is 0 Å². The number of nitrogens with two attached hydrogens (primary N) is 1. The van der Waals surface area contributed by atoms with E-state index in [2.05, 4.69) is 9.97 Å². The van der Waals surface area contributed by atoms with Crippen LogP contribution in [0.15, 0.2) is 36.8 Å². The SMILES string of the molecule is N.Nc1cnccc1-c1ncccc1F. The highest BCUT2D eigenvalue weighted by Crippen LogP contribution is 2.24. The van der Waals surface area contributed by atoms with Gasteiger partial charge < -0.3 is 11.9 Å². The third kappa shape index (κ3) is 2.08. The molecule has 2 aromatic rings. The van der Waals surface area contributed by atoms with Crippen LogP contribution in [0.4, 0.5) is 10.1 Å². The first-order chi connectivity index (χ1) is 6.79. The Kier molecular flexibility index (Phi) is 3.30. The number of anilines is 1. The first-order valence-corrected chi connectivity index (χ1v) is 4.09. The van der Waals surface area contributed by atoms with Crippen LogP contribution >= 0.6 is 0 Å². The Hall–Kier alpha value is -2.01. The van der Waals surface area contributed by atoms with Crippen LogP contribution in [-0.2, 0) is 0 Å². The summed E-state index contributed by atoms with van der Waals surface area (Å²) < 4.78 is 13.3. The molecule has 0 saturated carbocycles. The van der Waals surface area contributed by atoms with Gasteiger partial charge in [0.15, 0.2) is 0 Å². The molecule has 0 aliphatic rings. The Morgan fingerprint density at radius 2 is 2.00 bits per heavy atom. The summed E-state index contributed by atoms with van der Waals surface area (Å²) in [6.45, 7) is 0. The fourth-order valence-corrected chi connectivity index (χ4v) is 1.21. The molecule has 5 N–H and O–H groups in total. The summed E-state index contributed by atoms with van der Waals surface area (Å²) in [7, 11) is 0. The van der Waals surface area contributed by atoms with Crippen molar-refractivity contribution in [2.24, 2.45) is 0 Å². The lowest BCUT2D eigenvalue weighted by molar-refractivity contribution is 0.626. The highest BCUT2D eigenvalue weighted by atomic mass is 19.1. The molecule has 2 heterocycles. The molecule has 0 unspecified atom stereocenters. The van der Waals surface area contributed by atoms with E-state index in [1.165, 1.54) is 24.5 Å². The van der Waals surface area contributed by atoms with Crippen molar-refractivity contribution in [3.63, 3.8) is 0 Å². The van der Waals surface area contributed by atoms with E-state index in [4.69, 9.17) is 5.73 Å². The van der Waals surface area contributed by atoms with E-state index in [-0.39, 0.29) is 17.7 Å². The minimum atomic E-state index is -0.384. The van der Waals surface area contributed by atoms with Gasteiger partial charge in [0.2, 0.25) is 0 Å². The van der Waals surface area contributed by atoms with E-state index in [1.54, 1.807) is 12.3 Å². The van der Waals surface area contributed by atoms with E-state index >= 15 is 0 Å². The molecule has 4 nitrogen and oxygen atoms in total. The quantitative estimate of drug-likeness (QED) is 0.747. The highest BCUT2D eigenvalue weighted by Gasteiger charge is 2.07. The van der Waals surface area contributed by atoms with Crippen molar-refractivity contribution >= 4 is 5.69 Å². The van der Waals surface area contributed by atoms with Gasteiger partial charge in [-0.25, -0.2) is 4.39 Å². The van der Waals surface area contributed by atoms with Crippen molar-refractivity contribution in [2.75, 3.05) is 5.73 Å². The van der Waals surface area contributed by atoms with Crippen molar-refractivity contribution < 1.29 is 4.39 Å². The van der Waals surface area contributed by atoms with Crippen LogP contribution in [0.5, 0.6) is 0 Å². The van der Waals surface area contributed by atoms with E-state index < -0.39 is 0 Å². The van der Waals surface area contributed by atoms with E-state index in [9.17, 15) is 4.39 Å². The number of aromatic nitrogens is 2. The molecule has 5 heteroatoms. The maximum absolute atomic E-state index is 13.3. The van der Waals surface area contributed by atoms with Crippen molar-refractivity contribution in [1.29, 1.82) is 0 Å². The number of nitrogens with zero attached hydrogens (tertiary/aromatic N) is 2. The van der Waals surface area contributed by atoms with Crippen molar-refractivity contribution in [3.8, 4) is 11.3 Å². The molecular formula is C10H11FN4. The molecule has 78 valence electrons. The lowest BCUT2D eigenvalue weighted by Gasteiger charge is -2.04. The van der Waals surface area contributed by atoms with E-state index in [1.807, 2.05) is 0 Å². The summed E-state index contributed by atoms with van der Waals surface area (Å²) in [4.78, 5) is 7.75. The Labute approximate surface area is 86.6 Å². The van der Waals surface area contributed by atoms with Gasteiger partial charge in [0, 0.05) is 18.0 Å². The fraction of sp³-hybridized carbons (Fsp3) is 0. The van der Waals surface area contributed by atoms with Gasteiger partial charge in [-0.2, -0.15) is 0 Å². The van der Waals surface area contributed by atoms with E-state index in [0.717, 1.165) is 0 Å². The Bertz CT molecular complexity index is 415. The van der Waals surface area contributed by atoms with Crippen LogP contribution in [0.1, 0.15) is 0 Å². The molecular weight excluding hydrogens is 195 g/mol. The second-order valence-corrected chi connectivity index (χ2v) is 2.80. The maximum atomic E-state index is 13.3. The molecule has 0 fully saturated rings. The zero-order chi connectivity index (χ0) is 9.97. The smallest absolute Gasteiger partial charge is 0.149 e. The lowest BCUT2D eigenvalue weighted by atomic mass is 10.1. The monoisotopic (exact) mass is 206 g/mol. The molecule has 0 aliphatic carbocycles. The van der Waals surface area contributed by atoms with Crippen LogP contribution in [0, 0.1) is 5.82 Å². The summed E-state index contributed by atoms with van der Waals surface area (Å²) in [6, 6.07) is 4.53. The van der Waals surface area contributed by atoms with E-state index in [0.29, 0.717) is 11.3 Å². The number of pyridine rings is 2. The normalized spacial score (nSPS) is 9.40. The third-order valence-electron chi connectivity index (χ3n) is 1.87. The van der Waals surface area contributed by atoms with Gasteiger partial charge in [0.1, 0.15) is 11.5 Å². The van der Waals surface area contributed by atoms with Gasteiger partial charge in [0.25, 0.3) is 0 Å². The molecule has 0 atom stereocenters. The Morgan fingerprint density at radius 3 is 2.67 bits per heavy atom. The molecule has 0 radical (unpaired) electrons. The van der Waals surface area contributed by atoms with Crippen LogP contribution in [0.25, 0.3) is 11.3 Å². The minimum absolute atomic E-state index is 0. The van der Waals surface area contributed by atoms with Gasteiger partial charge in [-0.15, -0.1) is 0 Å². The van der Waals surface area contributed by atoms with Gasteiger partial charge in [-0.3, -0.25) is 9.97 Å². The molecule has 0 saturated heterocycles. The predicted octanol–water partition coefficient (Wildman–Crippen LogP) is 2.03. The van der Waals surface area contributed by atoms with Crippen molar-refractivity contribution in [1.82, 2.24) is 16.1 Å². The zero-order valence-electron chi connectivity index (χ0n) is 8.02. The average molecular weight is 206 g/mol. The summed E-state index contributed by atoms with van der Waals surface area (Å²) in [5, 5.41) is 0. The van der Waals surface area contributed by atoms with Gasteiger partial charge in [-0.1, -0.05) is 0 Å². The van der Waals surface area contributed by atoms with Gasteiger partial charge in [0.05, 0.1) is 11.9 Å². The average Bonchev–Trinajstić information content (AvgIpc) is 2.20. The number of halogens is 1. The molecule has 0 aromatic carbocycles. The lowest BCUT2D eigenvalue weighted by Crippen LogP contribution is -1.94. The topological polar surface area (TPSA) is 86.8 Å². The Balaban J connectivity index is 0.00000112. The van der Waals surface area contributed by atoms with Gasteiger partial charge >= 0.3 is 0 Å². The molecule has 15 heavy (non-hydrogen) atoms. The molecule has 2 aromatic heterocycles. The molecule has 0 amide bonds. The maximum Gasteiger partial charge on any atom is 0.149 e. The Morgan fingerprint density at radius 1 is 1.20 bits per heavy atom. The number of hydrogen-bond donors (Lipinski definition) is 2. The van der Waals surface area contributed by atoms with Crippen molar-refractivity contribution in [3.05, 3.63) is 42.6 Å². The number of nitrogen functional groups attached to an aromatic ring is 1.